The lowest BCUT2D eigenvalue weighted by atomic mass is 9.89. The van der Waals surface area contributed by atoms with Gasteiger partial charge in [0.15, 0.2) is 0 Å². The summed E-state index contributed by atoms with van der Waals surface area (Å²) in [6, 6.07) is -0.987. The molecular weight excluding hydrogens is 192 g/mol. The molecule has 0 amide bonds. The molecule has 80 valence electrons. The molecule has 2 rings (SSSR count). The van der Waals surface area contributed by atoms with Crippen LogP contribution in [0.25, 0.3) is 0 Å². The molecule has 2 saturated heterocycles. The summed E-state index contributed by atoms with van der Waals surface area (Å²) in [5.41, 5.74) is 0. The minimum absolute atomic E-state index is 0.0186. The Morgan fingerprint density at radius 2 is 2.21 bits per heavy atom. The monoisotopic (exact) mass is 205 g/mol. The van der Waals surface area contributed by atoms with Crippen molar-refractivity contribution in [3.05, 3.63) is 0 Å². The number of halogens is 2. The molecule has 0 aromatic carbocycles. The van der Waals surface area contributed by atoms with E-state index >= 15 is 0 Å². The highest BCUT2D eigenvalue weighted by Crippen LogP contribution is 2.41. The summed E-state index contributed by atoms with van der Waals surface area (Å²) < 4.78 is 26.4. The van der Waals surface area contributed by atoms with Crippen LogP contribution >= 0.6 is 0 Å². The van der Waals surface area contributed by atoms with Gasteiger partial charge in [0, 0.05) is 18.9 Å². The van der Waals surface area contributed by atoms with E-state index in [-0.39, 0.29) is 31.2 Å². The average molecular weight is 205 g/mol. The van der Waals surface area contributed by atoms with Crippen LogP contribution < -0.4 is 5.32 Å². The van der Waals surface area contributed by atoms with E-state index in [4.69, 9.17) is 5.11 Å². The Morgan fingerprint density at radius 3 is 2.79 bits per heavy atom. The zero-order valence-corrected chi connectivity index (χ0v) is 7.67. The number of piperidine rings is 1. The van der Waals surface area contributed by atoms with Crippen molar-refractivity contribution in [3.63, 3.8) is 0 Å². The molecule has 0 radical (unpaired) electrons. The third-order valence-corrected chi connectivity index (χ3v) is 3.12. The van der Waals surface area contributed by atoms with E-state index in [0.717, 1.165) is 0 Å². The first-order chi connectivity index (χ1) is 6.47. The Balaban J connectivity index is 2.00. The number of nitrogens with one attached hydrogen (secondary N) is 1. The number of aliphatic carboxylic acids is 1. The predicted molar refractivity (Wildman–Crippen MR) is 45.3 cm³/mol. The first-order valence-corrected chi connectivity index (χ1v) is 4.83. The third kappa shape index (κ3) is 1.73. The molecule has 2 aliphatic rings. The quantitative estimate of drug-likeness (QED) is 0.713. The second-order valence-electron chi connectivity index (χ2n) is 4.32. The van der Waals surface area contributed by atoms with Gasteiger partial charge in [-0.2, -0.15) is 0 Å². The second-order valence-corrected chi connectivity index (χ2v) is 4.32. The highest BCUT2D eigenvalue weighted by Gasteiger charge is 2.52. The van der Waals surface area contributed by atoms with Gasteiger partial charge in [0.25, 0.3) is 5.92 Å². The van der Waals surface area contributed by atoms with Gasteiger partial charge in [-0.05, 0) is 18.8 Å². The molecule has 0 saturated carbocycles. The molecule has 0 aromatic rings. The van der Waals surface area contributed by atoms with Gasteiger partial charge >= 0.3 is 5.97 Å². The van der Waals surface area contributed by atoms with Gasteiger partial charge in [0.05, 0.1) is 6.04 Å². The number of hydrogen-bond donors (Lipinski definition) is 2. The van der Waals surface area contributed by atoms with Crippen molar-refractivity contribution in [2.75, 3.05) is 0 Å². The van der Waals surface area contributed by atoms with Crippen molar-refractivity contribution >= 4 is 5.97 Å². The Hall–Kier alpha value is -0.710. The number of carbonyl (C=O) groups is 1. The Morgan fingerprint density at radius 1 is 1.50 bits per heavy atom. The lowest BCUT2D eigenvalue weighted by molar-refractivity contribution is -0.138. The summed E-state index contributed by atoms with van der Waals surface area (Å²) in [7, 11) is 0. The predicted octanol–water partition coefficient (Wildman–Crippen LogP) is 1.24. The van der Waals surface area contributed by atoms with Gasteiger partial charge in [0.2, 0.25) is 0 Å². The average Bonchev–Trinajstić information content (AvgIpc) is 2.19. The zero-order chi connectivity index (χ0) is 10.3. The molecule has 5 heteroatoms. The van der Waals surface area contributed by atoms with E-state index in [0.29, 0.717) is 6.42 Å². The van der Waals surface area contributed by atoms with Crippen LogP contribution in [0.5, 0.6) is 0 Å². The molecular formula is C9H13F2NO2. The van der Waals surface area contributed by atoms with E-state index in [9.17, 15) is 13.6 Å². The highest BCUT2D eigenvalue weighted by atomic mass is 19.3. The van der Waals surface area contributed by atoms with Crippen molar-refractivity contribution in [1.82, 2.24) is 5.32 Å². The molecule has 2 bridgehead atoms. The van der Waals surface area contributed by atoms with Crippen LogP contribution in [0.3, 0.4) is 0 Å². The summed E-state index contributed by atoms with van der Waals surface area (Å²) >= 11 is 0. The summed E-state index contributed by atoms with van der Waals surface area (Å²) in [5, 5.41) is 11.4. The van der Waals surface area contributed by atoms with Crippen LogP contribution in [0.1, 0.15) is 25.7 Å². The van der Waals surface area contributed by atoms with Crippen LogP contribution in [-0.2, 0) is 4.79 Å². The fraction of sp³-hybridized carbons (Fsp3) is 0.889. The molecule has 3 nitrogen and oxygen atoms in total. The maximum Gasteiger partial charge on any atom is 0.303 e. The van der Waals surface area contributed by atoms with Crippen molar-refractivity contribution < 1.29 is 18.7 Å². The summed E-state index contributed by atoms with van der Waals surface area (Å²) in [4.78, 5) is 10.5. The number of fused-ring (bicyclic) bond motifs is 2. The van der Waals surface area contributed by atoms with Crippen LogP contribution in [0.2, 0.25) is 0 Å². The molecule has 0 aliphatic carbocycles. The van der Waals surface area contributed by atoms with Gasteiger partial charge in [-0.25, -0.2) is 8.78 Å². The molecule has 0 unspecified atom stereocenters. The third-order valence-electron chi connectivity index (χ3n) is 3.12. The smallest absolute Gasteiger partial charge is 0.303 e. The molecule has 2 aliphatic heterocycles. The van der Waals surface area contributed by atoms with Gasteiger partial charge in [-0.3, -0.25) is 4.79 Å². The van der Waals surface area contributed by atoms with E-state index < -0.39 is 17.9 Å². The summed E-state index contributed by atoms with van der Waals surface area (Å²) in [6.45, 7) is 0. The lowest BCUT2D eigenvalue weighted by Gasteiger charge is -2.28. The molecule has 2 N–H and O–H groups in total. The Bertz CT molecular complexity index is 257. The molecule has 0 aromatic heterocycles. The minimum atomic E-state index is -2.64. The normalized spacial score (nSPS) is 39.7. The first kappa shape index (κ1) is 9.83. The van der Waals surface area contributed by atoms with Crippen molar-refractivity contribution in [1.29, 1.82) is 0 Å². The minimum Gasteiger partial charge on any atom is -0.481 e. The first-order valence-electron chi connectivity index (χ1n) is 4.83. The van der Waals surface area contributed by atoms with Gasteiger partial charge in [-0.15, -0.1) is 0 Å². The van der Waals surface area contributed by atoms with Crippen molar-refractivity contribution in [3.8, 4) is 0 Å². The highest BCUT2D eigenvalue weighted by molar-refractivity contribution is 5.67. The van der Waals surface area contributed by atoms with E-state index in [1.807, 2.05) is 0 Å². The van der Waals surface area contributed by atoms with Crippen molar-refractivity contribution in [2.45, 2.75) is 43.7 Å². The molecule has 3 atom stereocenters. The number of carboxylic acid groups (broad SMARTS) is 1. The van der Waals surface area contributed by atoms with Gasteiger partial charge < -0.3 is 10.4 Å². The molecule has 2 fully saturated rings. The van der Waals surface area contributed by atoms with Crippen LogP contribution in [0.4, 0.5) is 8.78 Å². The maximum atomic E-state index is 13.2. The fourth-order valence-electron chi connectivity index (χ4n) is 2.57. The number of carboxylic acids is 1. The SMILES string of the molecule is O=C(O)C[C@@H]1C[C@@H]2CC(F)(F)[C@H](C1)N2. The van der Waals surface area contributed by atoms with Crippen LogP contribution in [0.15, 0.2) is 0 Å². The Kier molecular flexibility index (Phi) is 2.21. The largest absolute Gasteiger partial charge is 0.481 e. The fourth-order valence-corrected chi connectivity index (χ4v) is 2.57. The van der Waals surface area contributed by atoms with Gasteiger partial charge in [0.1, 0.15) is 0 Å². The standard InChI is InChI=1S/C9H13F2NO2/c10-9(11)4-6-1-5(3-8(13)14)2-7(9)12-6/h5-7,12H,1-4H2,(H,13,14)/t5-,6-,7+/m1/s1. The maximum absolute atomic E-state index is 13.2. The van der Waals surface area contributed by atoms with Gasteiger partial charge in [-0.1, -0.05) is 0 Å². The van der Waals surface area contributed by atoms with E-state index in [2.05, 4.69) is 5.32 Å². The number of alkyl halides is 2. The van der Waals surface area contributed by atoms with Crippen molar-refractivity contribution in [2.24, 2.45) is 5.92 Å². The van der Waals surface area contributed by atoms with Crippen LogP contribution in [0, 0.1) is 5.92 Å². The summed E-state index contributed by atoms with van der Waals surface area (Å²) in [6.07, 6.45) is 0.743. The number of rotatable bonds is 2. The molecule has 0 spiro atoms. The molecule has 2 heterocycles. The molecule has 14 heavy (non-hydrogen) atoms. The second kappa shape index (κ2) is 3.15. The van der Waals surface area contributed by atoms with E-state index in [1.54, 1.807) is 0 Å². The Labute approximate surface area is 80.5 Å². The zero-order valence-electron chi connectivity index (χ0n) is 7.67. The summed E-state index contributed by atoms with van der Waals surface area (Å²) in [5.74, 6) is -3.62. The van der Waals surface area contributed by atoms with Crippen LogP contribution in [-0.4, -0.2) is 29.1 Å². The lowest BCUT2D eigenvalue weighted by Crippen LogP contribution is -2.43. The van der Waals surface area contributed by atoms with E-state index in [1.165, 1.54) is 0 Å². The number of hydrogen-bond acceptors (Lipinski definition) is 2. The topological polar surface area (TPSA) is 49.3 Å².